The van der Waals surface area contributed by atoms with E-state index >= 15 is 0 Å². The van der Waals surface area contributed by atoms with E-state index in [0.717, 1.165) is 0 Å². The number of carbonyl (C=O) groups excluding carboxylic acids is 2. The Kier molecular flexibility index (Phi) is 25.2. The van der Waals surface area contributed by atoms with Gasteiger partial charge in [-0.15, -0.1) is 0 Å². The van der Waals surface area contributed by atoms with Gasteiger partial charge >= 0.3 is 53.0 Å². The van der Waals surface area contributed by atoms with Crippen LogP contribution in [0, 0.1) is 20.0 Å². The molecule has 0 bridgehead atoms. The Labute approximate surface area is 285 Å². The number of amides is 2. The zero-order valence-corrected chi connectivity index (χ0v) is 28.1. The van der Waals surface area contributed by atoms with E-state index in [2.05, 4.69) is 35.2 Å². The molecule has 0 aromatic carbocycles. The quantitative estimate of drug-likeness (QED) is 0.0548. The molecule has 1 atom stereocenters. The number of hydrogen-bond acceptors (Lipinski definition) is 9. The number of imidazole rings is 2. The van der Waals surface area contributed by atoms with E-state index in [1.54, 1.807) is 12.4 Å². The van der Waals surface area contributed by atoms with Gasteiger partial charge < -0.3 is 39.6 Å². The number of rotatable bonds is 17. The molecule has 255 valence electrons. The van der Waals surface area contributed by atoms with Gasteiger partial charge in [-0.2, -0.15) is 0 Å². The first-order chi connectivity index (χ1) is 22.1. The van der Waals surface area contributed by atoms with E-state index in [4.69, 9.17) is 24.2 Å². The second kappa shape index (κ2) is 26.2. The first kappa shape index (κ1) is 45.3. The van der Waals surface area contributed by atoms with Gasteiger partial charge in [-0.05, 0) is 32.2 Å². The molecule has 1 aliphatic heterocycles. The van der Waals surface area contributed by atoms with Crippen LogP contribution in [0.1, 0.15) is 50.2 Å². The van der Waals surface area contributed by atoms with Crippen LogP contribution in [0.15, 0.2) is 24.8 Å². The van der Waals surface area contributed by atoms with Crippen molar-refractivity contribution in [2.75, 3.05) is 19.6 Å². The Hall–Kier alpha value is -3.87. The third kappa shape index (κ3) is 17.0. The van der Waals surface area contributed by atoms with Crippen molar-refractivity contribution in [1.29, 1.82) is 0 Å². The number of nitrogens with zero attached hydrogens (tertiary/aromatic N) is 6. The Balaban J connectivity index is 0. The van der Waals surface area contributed by atoms with Gasteiger partial charge in [-0.25, -0.2) is 9.97 Å². The van der Waals surface area contributed by atoms with E-state index < -0.39 is 25.0 Å². The summed E-state index contributed by atoms with van der Waals surface area (Å²) < 4.78 is 25.6. The predicted molar refractivity (Wildman–Crippen MR) is 152 cm³/mol. The number of unbranched alkanes of at least 4 members (excludes halogenated alkanes) is 2. The molecule has 2 aromatic rings. The summed E-state index contributed by atoms with van der Waals surface area (Å²) >= 11 is 0. The number of carboxylic acids is 2. The minimum absolute atomic E-state index is 0. The number of aromatic nitrogens is 4. The zero-order chi connectivity index (χ0) is 35.1. The van der Waals surface area contributed by atoms with E-state index in [9.17, 15) is 29.2 Å². The van der Waals surface area contributed by atoms with Gasteiger partial charge in [-0.3, -0.25) is 24.1 Å². The maximum Gasteiger partial charge on any atom is 0 e. The molecule has 1 unspecified atom stereocenters. The Morgan fingerprint density at radius 1 is 0.894 bits per heavy atom. The molecule has 3 heterocycles. The fourth-order valence-corrected chi connectivity index (χ4v) is 4.75. The molecular weight excluding hydrogens is 795 g/mol. The van der Waals surface area contributed by atoms with Crippen molar-refractivity contribution in [1.82, 2.24) is 34.2 Å². The summed E-state index contributed by atoms with van der Waals surface area (Å²) in [5.74, 6) is -2.13. The topological polar surface area (TPSA) is 263 Å². The van der Waals surface area contributed by atoms with E-state index in [1.165, 1.54) is 26.4 Å². The van der Waals surface area contributed by atoms with Crippen molar-refractivity contribution in [2.45, 2.75) is 70.6 Å². The molecule has 1 aliphatic rings. The van der Waals surface area contributed by atoms with Crippen LogP contribution in [0.2, 0.25) is 0 Å². The molecule has 3 rings (SSSR count). The maximum absolute atomic E-state index is 12.3. The molecule has 0 spiro atoms. The Bertz CT molecular complexity index is 1230. The maximum atomic E-state index is 12.3. The molecule has 18 nitrogen and oxygen atoms in total. The van der Waals surface area contributed by atoms with E-state index in [1.807, 2.05) is 4.90 Å². The van der Waals surface area contributed by atoms with Gasteiger partial charge in [0.2, 0.25) is 11.8 Å². The number of nitrogens with one attached hydrogen (secondary N) is 1. The smallest absolute Gasteiger partial charge is 0 e. The van der Waals surface area contributed by atoms with Gasteiger partial charge in [0.1, 0.15) is 24.7 Å². The molecule has 2 amide bonds. The number of carboxylic acid groups (broad SMARTS) is 2. The van der Waals surface area contributed by atoms with Crippen LogP contribution < -0.4 is 5.32 Å². The van der Waals surface area contributed by atoms with Crippen molar-refractivity contribution < 1.29 is 73.8 Å². The van der Waals surface area contributed by atoms with Crippen LogP contribution in [-0.2, 0) is 79.7 Å². The van der Waals surface area contributed by atoms with Crippen molar-refractivity contribution in [3.8, 4) is 0 Å². The van der Waals surface area contributed by atoms with E-state index in [-0.39, 0.29) is 58.3 Å². The molecule has 2 aromatic heterocycles. The van der Waals surface area contributed by atoms with E-state index in [0.29, 0.717) is 69.9 Å². The number of likely N-dealkylation sites (tertiary alicyclic amines) is 1. The molecule has 1 saturated heterocycles. The molecule has 1 radical (unpaired) electrons. The second-order valence-corrected chi connectivity index (χ2v) is 9.74. The number of aliphatic carboxylic acids is 2. The Morgan fingerprint density at radius 2 is 1.40 bits per heavy atom. The monoisotopic (exact) mass is 832 g/mol. The first-order valence-electron chi connectivity index (χ1n) is 13.8. The van der Waals surface area contributed by atoms with Gasteiger partial charge in [0.25, 0.3) is 0 Å². The third-order valence-corrected chi connectivity index (χ3v) is 6.72. The number of hydrogen-bond donors (Lipinski definition) is 5. The molecule has 1 fully saturated rings. The zero-order valence-electron chi connectivity index (χ0n) is 25.4. The SMILES string of the molecule is O=C(O)Cn1ccnc1CN(CCCCCC(=O)NCC(=O)N1CCCC1B(O)O)Cc1nccn1CC(=O)O.[C-]#[O+].[C-]#[O+].[C-]#[O+].[Re]. The summed E-state index contributed by atoms with van der Waals surface area (Å²) in [6, 6.07) is 0. The molecule has 0 aliphatic carbocycles. The average Bonchev–Trinajstić information content (AvgIpc) is 3.81. The summed E-state index contributed by atoms with van der Waals surface area (Å²) in [5.41, 5.74) is 0. The Morgan fingerprint density at radius 3 is 1.87 bits per heavy atom. The summed E-state index contributed by atoms with van der Waals surface area (Å²) in [6.45, 7) is 14.5. The van der Waals surface area contributed by atoms with Crippen LogP contribution in [0.25, 0.3) is 0 Å². The van der Waals surface area contributed by atoms with Gasteiger partial charge in [0.15, 0.2) is 0 Å². The minimum Gasteiger partial charge on any atom is 0 e. The molecule has 0 saturated carbocycles. The van der Waals surface area contributed by atoms with Gasteiger partial charge in [0.05, 0.1) is 25.6 Å². The fraction of sp³-hybridized carbons (Fsp3) is 0.519. The second-order valence-electron chi connectivity index (χ2n) is 9.74. The minimum atomic E-state index is -1.60. The summed E-state index contributed by atoms with van der Waals surface area (Å²) in [5, 5.41) is 39.8. The standard InChI is InChI=1S/C24H36BN7O8.3CO.Re/c33-21(28-13-22(34)32-10-4-5-18(32)25(39)40)6-2-1-3-9-29(14-19-26-7-11-30(19)16-23(35)36)15-20-27-8-12-31(20)17-24(37)38;3*1-2;/h7-8,11-12,18,39-40H,1-6,9-10,13-17H2,(H,28,33)(H,35,36)(H,37,38);;;;. The summed E-state index contributed by atoms with van der Waals surface area (Å²) in [7, 11) is -1.60. The van der Waals surface area contributed by atoms with Crippen molar-refractivity contribution in [3.63, 3.8) is 0 Å². The van der Waals surface area contributed by atoms with Crippen LogP contribution in [0.4, 0.5) is 0 Å². The molecular formula is C27H36BN7O11Re. The fourth-order valence-electron chi connectivity index (χ4n) is 4.75. The van der Waals surface area contributed by atoms with Crippen molar-refractivity contribution >= 4 is 30.9 Å². The third-order valence-electron chi connectivity index (χ3n) is 6.72. The molecule has 20 heteroatoms. The van der Waals surface area contributed by atoms with Crippen LogP contribution in [0.3, 0.4) is 0 Å². The van der Waals surface area contributed by atoms with Crippen LogP contribution >= 0.6 is 0 Å². The normalized spacial score (nSPS) is 12.9. The van der Waals surface area contributed by atoms with Crippen molar-refractivity contribution in [3.05, 3.63) is 56.4 Å². The van der Waals surface area contributed by atoms with Crippen LogP contribution in [-0.4, -0.2) is 106 Å². The largest absolute Gasteiger partial charge is 0 e. The number of carbonyl (C=O) groups is 4. The summed E-state index contributed by atoms with van der Waals surface area (Å²) in [4.78, 5) is 58.9. The summed E-state index contributed by atoms with van der Waals surface area (Å²) in [6.07, 6.45) is 9.65. The first-order valence-corrected chi connectivity index (χ1v) is 13.8. The predicted octanol–water partition coefficient (Wildman–Crippen LogP) is -1.18. The molecule has 47 heavy (non-hydrogen) atoms. The van der Waals surface area contributed by atoms with Crippen molar-refractivity contribution in [2.24, 2.45) is 0 Å². The van der Waals surface area contributed by atoms with Gasteiger partial charge in [-0.1, -0.05) is 6.42 Å². The van der Waals surface area contributed by atoms with Gasteiger partial charge in [0, 0.05) is 58.2 Å². The van der Waals surface area contributed by atoms with Crippen LogP contribution in [0.5, 0.6) is 0 Å². The average molecular weight is 832 g/mol. The molecule has 5 N–H and O–H groups in total.